The molecule has 0 aromatic heterocycles. The van der Waals surface area contributed by atoms with E-state index in [0.717, 1.165) is 19.3 Å². The molecule has 0 bridgehead atoms. The molecule has 2 aliphatic rings. The Labute approximate surface area is 91.5 Å². The molecule has 16 heavy (non-hydrogen) atoms. The van der Waals surface area contributed by atoms with Crippen molar-refractivity contribution in [3.63, 3.8) is 0 Å². The quantitative estimate of drug-likeness (QED) is 0.761. The molecule has 1 N–H and O–H groups in total. The predicted molar refractivity (Wildman–Crippen MR) is 48.7 cm³/mol. The molecule has 1 aliphatic heterocycles. The Kier molecular flexibility index (Phi) is 3.16. The lowest BCUT2D eigenvalue weighted by molar-refractivity contribution is -0.250. The average Bonchev–Trinajstić information content (AvgIpc) is 2.61. The van der Waals surface area contributed by atoms with Crippen LogP contribution in [0.3, 0.4) is 0 Å². The summed E-state index contributed by atoms with van der Waals surface area (Å²) < 4.78 is 47.4. The lowest BCUT2D eigenvalue weighted by atomic mass is 9.94. The Hall–Kier alpha value is -0.330. The Morgan fingerprint density at radius 2 is 1.81 bits per heavy atom. The minimum Gasteiger partial charge on any atom is -0.381 e. The number of aliphatic hydroxyl groups is 1. The largest absolute Gasteiger partial charge is 0.417 e. The summed E-state index contributed by atoms with van der Waals surface area (Å²) in [7, 11) is 0. The van der Waals surface area contributed by atoms with Gasteiger partial charge in [-0.15, -0.1) is 0 Å². The third kappa shape index (κ3) is 2.33. The minimum atomic E-state index is -4.64. The fourth-order valence-corrected chi connectivity index (χ4v) is 2.30. The van der Waals surface area contributed by atoms with Crippen molar-refractivity contribution in [2.75, 3.05) is 6.61 Å². The molecule has 1 saturated heterocycles. The summed E-state index contributed by atoms with van der Waals surface area (Å²) in [6.07, 6.45) is -4.28. The topological polar surface area (TPSA) is 38.7 Å². The standard InChI is InChI=1S/C10H15F3O3/c11-10(12,13)8(14)7-6-15-9(16-7)4-2-1-3-5-9/h7-8,14H,1-6H2/t7-,8+/m1/s1. The SMILES string of the molecule is O[C@@H]([C@H]1COC2(CCCCC2)O1)C(F)(F)F. The first-order chi connectivity index (χ1) is 7.43. The number of halogens is 3. The molecule has 2 rings (SSSR count). The molecule has 0 aromatic carbocycles. The van der Waals surface area contributed by atoms with E-state index >= 15 is 0 Å². The molecule has 0 amide bonds. The summed E-state index contributed by atoms with van der Waals surface area (Å²) in [5.74, 6) is -0.866. The molecule has 0 aromatic rings. The van der Waals surface area contributed by atoms with Gasteiger partial charge < -0.3 is 14.6 Å². The van der Waals surface area contributed by atoms with Crippen molar-refractivity contribution >= 4 is 0 Å². The molecular weight excluding hydrogens is 225 g/mol. The van der Waals surface area contributed by atoms with E-state index in [1.807, 2.05) is 0 Å². The van der Waals surface area contributed by atoms with Crippen LogP contribution in [0.1, 0.15) is 32.1 Å². The molecule has 6 heteroatoms. The summed E-state index contributed by atoms with van der Waals surface area (Å²) >= 11 is 0. The number of hydrogen-bond acceptors (Lipinski definition) is 3. The van der Waals surface area contributed by atoms with Crippen molar-refractivity contribution in [2.45, 2.75) is 56.3 Å². The Morgan fingerprint density at radius 3 is 2.38 bits per heavy atom. The van der Waals surface area contributed by atoms with Gasteiger partial charge in [-0.2, -0.15) is 13.2 Å². The van der Waals surface area contributed by atoms with Crippen LogP contribution in [-0.4, -0.2) is 35.9 Å². The van der Waals surface area contributed by atoms with E-state index in [4.69, 9.17) is 14.6 Å². The molecule has 2 fully saturated rings. The van der Waals surface area contributed by atoms with Crippen molar-refractivity contribution in [3.8, 4) is 0 Å². The van der Waals surface area contributed by atoms with Crippen LogP contribution in [0.5, 0.6) is 0 Å². The predicted octanol–water partition coefficient (Wildman–Crippen LogP) is 1.99. The van der Waals surface area contributed by atoms with Crippen LogP contribution < -0.4 is 0 Å². The van der Waals surface area contributed by atoms with Crippen molar-refractivity contribution in [1.29, 1.82) is 0 Å². The molecule has 0 unspecified atom stereocenters. The Bertz CT molecular complexity index is 248. The number of hydrogen-bond donors (Lipinski definition) is 1. The van der Waals surface area contributed by atoms with Gasteiger partial charge in [0.05, 0.1) is 6.61 Å². The van der Waals surface area contributed by atoms with E-state index in [1.165, 1.54) is 0 Å². The fraction of sp³-hybridized carbons (Fsp3) is 1.00. The zero-order valence-electron chi connectivity index (χ0n) is 8.79. The molecule has 94 valence electrons. The lowest BCUT2D eigenvalue weighted by Crippen LogP contribution is -2.43. The number of aliphatic hydroxyl groups excluding tert-OH is 1. The van der Waals surface area contributed by atoms with Gasteiger partial charge in [0.15, 0.2) is 11.9 Å². The first-order valence-corrected chi connectivity index (χ1v) is 5.50. The molecule has 3 nitrogen and oxygen atoms in total. The summed E-state index contributed by atoms with van der Waals surface area (Å²) in [6, 6.07) is 0. The summed E-state index contributed by atoms with van der Waals surface area (Å²) in [5.41, 5.74) is 0. The molecule has 1 saturated carbocycles. The summed E-state index contributed by atoms with van der Waals surface area (Å²) in [5, 5.41) is 9.07. The number of rotatable bonds is 1. The van der Waals surface area contributed by atoms with Crippen LogP contribution in [0, 0.1) is 0 Å². The van der Waals surface area contributed by atoms with Crippen molar-refractivity contribution < 1.29 is 27.8 Å². The maximum absolute atomic E-state index is 12.3. The first kappa shape index (κ1) is 12.1. The molecule has 0 radical (unpaired) electrons. The van der Waals surface area contributed by atoms with E-state index in [2.05, 4.69) is 0 Å². The van der Waals surface area contributed by atoms with E-state index in [9.17, 15) is 13.2 Å². The molecular formula is C10H15F3O3. The van der Waals surface area contributed by atoms with Crippen molar-refractivity contribution in [2.24, 2.45) is 0 Å². The zero-order chi connectivity index (χ0) is 11.8. The van der Waals surface area contributed by atoms with Gasteiger partial charge in [0.25, 0.3) is 0 Å². The smallest absolute Gasteiger partial charge is 0.381 e. The van der Waals surface area contributed by atoms with E-state index in [-0.39, 0.29) is 6.61 Å². The van der Waals surface area contributed by atoms with Gasteiger partial charge in [-0.3, -0.25) is 0 Å². The monoisotopic (exact) mass is 240 g/mol. The molecule has 1 aliphatic carbocycles. The second-order valence-electron chi connectivity index (χ2n) is 4.43. The highest BCUT2D eigenvalue weighted by Crippen LogP contribution is 2.40. The van der Waals surface area contributed by atoms with Crippen LogP contribution in [-0.2, 0) is 9.47 Å². The lowest BCUT2D eigenvalue weighted by Gasteiger charge is -2.32. The number of alkyl halides is 3. The fourth-order valence-electron chi connectivity index (χ4n) is 2.30. The molecule has 1 heterocycles. The van der Waals surface area contributed by atoms with Gasteiger partial charge >= 0.3 is 6.18 Å². The van der Waals surface area contributed by atoms with E-state index in [0.29, 0.717) is 12.8 Å². The van der Waals surface area contributed by atoms with E-state index < -0.39 is 24.2 Å². The van der Waals surface area contributed by atoms with Crippen LogP contribution in [0.15, 0.2) is 0 Å². The van der Waals surface area contributed by atoms with Crippen LogP contribution in [0.2, 0.25) is 0 Å². The van der Waals surface area contributed by atoms with Gasteiger partial charge in [-0.1, -0.05) is 6.42 Å². The molecule has 1 spiro atoms. The van der Waals surface area contributed by atoms with Crippen LogP contribution >= 0.6 is 0 Å². The van der Waals surface area contributed by atoms with Crippen molar-refractivity contribution in [3.05, 3.63) is 0 Å². The normalized spacial score (nSPS) is 31.9. The third-order valence-corrected chi connectivity index (χ3v) is 3.18. The van der Waals surface area contributed by atoms with E-state index in [1.54, 1.807) is 0 Å². The molecule has 2 atom stereocenters. The van der Waals surface area contributed by atoms with Crippen LogP contribution in [0.4, 0.5) is 13.2 Å². The Balaban J connectivity index is 1.97. The second-order valence-corrected chi connectivity index (χ2v) is 4.43. The summed E-state index contributed by atoms with van der Waals surface area (Å²) in [6.45, 7) is -0.180. The minimum absolute atomic E-state index is 0.180. The van der Waals surface area contributed by atoms with Gasteiger partial charge in [0, 0.05) is 12.8 Å². The number of ether oxygens (including phenoxy) is 2. The van der Waals surface area contributed by atoms with Gasteiger partial charge in [-0.05, 0) is 12.8 Å². The first-order valence-electron chi connectivity index (χ1n) is 5.50. The maximum Gasteiger partial charge on any atom is 0.417 e. The maximum atomic E-state index is 12.3. The summed E-state index contributed by atoms with van der Waals surface area (Å²) in [4.78, 5) is 0. The van der Waals surface area contributed by atoms with Gasteiger partial charge in [0.2, 0.25) is 0 Å². The highest BCUT2D eigenvalue weighted by molar-refractivity contribution is 4.87. The van der Waals surface area contributed by atoms with Gasteiger partial charge in [-0.25, -0.2) is 0 Å². The second kappa shape index (κ2) is 4.16. The Morgan fingerprint density at radius 1 is 1.19 bits per heavy atom. The highest BCUT2D eigenvalue weighted by Gasteiger charge is 2.52. The zero-order valence-corrected chi connectivity index (χ0v) is 8.79. The van der Waals surface area contributed by atoms with Crippen LogP contribution in [0.25, 0.3) is 0 Å². The van der Waals surface area contributed by atoms with Gasteiger partial charge in [0.1, 0.15) is 6.10 Å². The highest BCUT2D eigenvalue weighted by atomic mass is 19.4. The van der Waals surface area contributed by atoms with Crippen molar-refractivity contribution in [1.82, 2.24) is 0 Å². The third-order valence-electron chi connectivity index (χ3n) is 3.18. The average molecular weight is 240 g/mol.